The maximum absolute atomic E-state index is 13.3. The van der Waals surface area contributed by atoms with Crippen molar-refractivity contribution in [3.8, 4) is 0 Å². The van der Waals surface area contributed by atoms with Crippen LogP contribution in [0.2, 0.25) is 0 Å². The van der Waals surface area contributed by atoms with Gasteiger partial charge in [-0.1, -0.05) is 0 Å². The van der Waals surface area contributed by atoms with E-state index in [2.05, 4.69) is 0 Å². The van der Waals surface area contributed by atoms with Crippen LogP contribution in [0, 0.1) is 0 Å². The van der Waals surface area contributed by atoms with E-state index in [1.54, 1.807) is 13.8 Å². The van der Waals surface area contributed by atoms with Crippen LogP contribution in [0.4, 0.5) is 0 Å². The first kappa shape index (κ1) is 27.4. The van der Waals surface area contributed by atoms with Crippen molar-refractivity contribution in [2.24, 2.45) is 0 Å². The summed E-state index contributed by atoms with van der Waals surface area (Å²) in [4.78, 5) is 48.3. The van der Waals surface area contributed by atoms with Gasteiger partial charge in [-0.25, -0.2) is 0 Å². The summed E-state index contributed by atoms with van der Waals surface area (Å²) in [5.74, 6) is -3.39. The molecule has 3 aliphatic rings. The molecular formula is C22H32O13. The van der Waals surface area contributed by atoms with E-state index in [4.69, 9.17) is 42.6 Å². The molecule has 0 aliphatic carbocycles. The van der Waals surface area contributed by atoms with Gasteiger partial charge in [0, 0.05) is 34.3 Å². The number of Topliss-reactive ketones (excluding diaryl/α,β-unsaturated/α-hetero) is 1. The average Bonchev–Trinajstić information content (AvgIpc) is 3.20. The summed E-state index contributed by atoms with van der Waals surface area (Å²) < 4.78 is 49.7. The van der Waals surface area contributed by atoms with Gasteiger partial charge in [0.05, 0.1) is 0 Å². The van der Waals surface area contributed by atoms with Gasteiger partial charge in [-0.2, -0.15) is 0 Å². The van der Waals surface area contributed by atoms with Crippen LogP contribution in [0.25, 0.3) is 0 Å². The lowest BCUT2D eigenvalue weighted by molar-refractivity contribution is -0.236. The first-order valence-electron chi connectivity index (χ1n) is 11.2. The van der Waals surface area contributed by atoms with Gasteiger partial charge < -0.3 is 42.6 Å². The third kappa shape index (κ3) is 6.74. The molecular weight excluding hydrogens is 472 g/mol. The smallest absolute Gasteiger partial charge is 0.303 e. The first-order chi connectivity index (χ1) is 16.4. The van der Waals surface area contributed by atoms with Crippen molar-refractivity contribution < 1.29 is 61.8 Å². The number of esters is 3. The SMILES string of the molecule is COCO[C@H]1[C@H](OC(C)=O)C(=O)[C@@H](CC2O[C@@H]3OC(C)(C)O[C@@H]3[C@H]2OC(C)=O)O[C@@H]1COC(C)=O. The Balaban J connectivity index is 1.82. The van der Waals surface area contributed by atoms with E-state index < -0.39 is 78.5 Å². The van der Waals surface area contributed by atoms with Crippen LogP contribution in [-0.4, -0.2) is 99.0 Å². The lowest BCUT2D eigenvalue weighted by Crippen LogP contribution is -2.59. The van der Waals surface area contributed by atoms with E-state index in [9.17, 15) is 19.2 Å². The Morgan fingerprint density at radius 2 is 1.60 bits per heavy atom. The summed E-state index contributed by atoms with van der Waals surface area (Å²) in [6, 6.07) is 0. The number of ether oxygens (including phenoxy) is 9. The summed E-state index contributed by atoms with van der Waals surface area (Å²) >= 11 is 0. The topological polar surface area (TPSA) is 151 Å². The van der Waals surface area contributed by atoms with Crippen molar-refractivity contribution in [1.29, 1.82) is 0 Å². The molecule has 35 heavy (non-hydrogen) atoms. The van der Waals surface area contributed by atoms with Gasteiger partial charge in [0.25, 0.3) is 0 Å². The van der Waals surface area contributed by atoms with Crippen LogP contribution < -0.4 is 0 Å². The van der Waals surface area contributed by atoms with Gasteiger partial charge in [-0.05, 0) is 13.8 Å². The zero-order valence-electron chi connectivity index (χ0n) is 20.5. The number of carbonyl (C=O) groups excluding carboxylic acids is 4. The fourth-order valence-corrected chi connectivity index (χ4v) is 4.33. The fraction of sp³-hybridized carbons (Fsp3) is 0.818. The van der Waals surface area contributed by atoms with E-state index in [1.165, 1.54) is 21.0 Å². The highest BCUT2D eigenvalue weighted by atomic mass is 16.8. The second-order valence-electron chi connectivity index (χ2n) is 8.89. The lowest BCUT2D eigenvalue weighted by Gasteiger charge is -2.40. The summed E-state index contributed by atoms with van der Waals surface area (Å²) in [6.45, 7) is 6.52. The summed E-state index contributed by atoms with van der Waals surface area (Å²) in [5, 5.41) is 0. The van der Waals surface area contributed by atoms with Crippen molar-refractivity contribution in [3.05, 3.63) is 0 Å². The van der Waals surface area contributed by atoms with Crippen molar-refractivity contribution in [1.82, 2.24) is 0 Å². The Morgan fingerprint density at radius 3 is 2.20 bits per heavy atom. The van der Waals surface area contributed by atoms with Gasteiger partial charge in [0.1, 0.15) is 37.8 Å². The van der Waals surface area contributed by atoms with Crippen LogP contribution in [0.3, 0.4) is 0 Å². The van der Waals surface area contributed by atoms with Gasteiger partial charge in [0.15, 0.2) is 30.4 Å². The molecule has 0 bridgehead atoms. The molecule has 0 radical (unpaired) electrons. The fourth-order valence-electron chi connectivity index (χ4n) is 4.33. The molecule has 198 valence electrons. The van der Waals surface area contributed by atoms with Crippen molar-refractivity contribution in [3.63, 3.8) is 0 Å². The Morgan fingerprint density at radius 1 is 0.914 bits per heavy atom. The van der Waals surface area contributed by atoms with Crippen LogP contribution in [0.1, 0.15) is 41.0 Å². The van der Waals surface area contributed by atoms with Crippen molar-refractivity contribution in [2.75, 3.05) is 20.5 Å². The van der Waals surface area contributed by atoms with E-state index in [-0.39, 0.29) is 19.8 Å². The maximum atomic E-state index is 13.3. The standard InChI is InChI=1S/C22H32O13/c1-10(23)28-8-15-17(29-9-27-6)19(31-12(3)25)16(26)13(32-15)7-14-18(30-11(2)24)20-21(33-14)35-22(4,5)34-20/h13-15,17-21H,7-9H2,1-6H3/t13-,14?,15-,17-,18+,19-,20-,21-/m1/s1. The minimum absolute atomic E-state index is 0.0811. The van der Waals surface area contributed by atoms with E-state index in [0.717, 1.165) is 6.92 Å². The molecule has 0 N–H and O–H groups in total. The molecule has 3 saturated heterocycles. The predicted molar refractivity (Wildman–Crippen MR) is 111 cm³/mol. The van der Waals surface area contributed by atoms with Crippen LogP contribution in [0.5, 0.6) is 0 Å². The second kappa shape index (κ2) is 11.3. The quantitative estimate of drug-likeness (QED) is 0.236. The summed E-state index contributed by atoms with van der Waals surface area (Å²) in [7, 11) is 1.38. The van der Waals surface area contributed by atoms with E-state index in [1.807, 2.05) is 0 Å². The molecule has 0 saturated carbocycles. The second-order valence-corrected chi connectivity index (χ2v) is 8.89. The van der Waals surface area contributed by atoms with Gasteiger partial charge in [-0.15, -0.1) is 0 Å². The Hall–Kier alpha value is -2.16. The molecule has 3 heterocycles. The van der Waals surface area contributed by atoms with Crippen LogP contribution >= 0.6 is 0 Å². The molecule has 8 atom stereocenters. The maximum Gasteiger partial charge on any atom is 0.303 e. The number of methoxy groups -OCH3 is 1. The zero-order valence-corrected chi connectivity index (χ0v) is 20.5. The third-order valence-electron chi connectivity index (χ3n) is 5.56. The minimum atomic E-state index is -1.36. The molecule has 13 nitrogen and oxygen atoms in total. The molecule has 3 rings (SSSR count). The molecule has 3 fully saturated rings. The summed E-state index contributed by atoms with van der Waals surface area (Å²) in [6.07, 6.45) is -7.92. The molecule has 0 spiro atoms. The molecule has 0 aromatic rings. The van der Waals surface area contributed by atoms with Crippen LogP contribution in [-0.2, 0) is 61.8 Å². The van der Waals surface area contributed by atoms with Crippen molar-refractivity contribution in [2.45, 2.75) is 95.8 Å². The van der Waals surface area contributed by atoms with Gasteiger partial charge in [-0.3, -0.25) is 19.2 Å². The molecule has 0 aromatic carbocycles. The lowest BCUT2D eigenvalue weighted by atomic mass is 9.92. The highest BCUT2D eigenvalue weighted by Crippen LogP contribution is 2.41. The normalized spacial score (nSPS) is 35.9. The average molecular weight is 504 g/mol. The largest absolute Gasteiger partial charge is 0.463 e. The van der Waals surface area contributed by atoms with E-state index >= 15 is 0 Å². The molecule has 3 aliphatic heterocycles. The first-order valence-corrected chi connectivity index (χ1v) is 11.2. The third-order valence-corrected chi connectivity index (χ3v) is 5.56. The highest BCUT2D eigenvalue weighted by molar-refractivity contribution is 5.90. The van der Waals surface area contributed by atoms with Crippen molar-refractivity contribution >= 4 is 23.7 Å². The Labute approximate surface area is 202 Å². The minimum Gasteiger partial charge on any atom is -0.463 e. The molecule has 0 amide bonds. The zero-order chi connectivity index (χ0) is 25.9. The number of ketones is 1. The number of hydrogen-bond acceptors (Lipinski definition) is 13. The molecule has 13 heteroatoms. The molecule has 1 unspecified atom stereocenters. The predicted octanol–water partition coefficient (Wildman–Crippen LogP) is 0.00500. The number of carbonyl (C=O) groups is 4. The monoisotopic (exact) mass is 504 g/mol. The van der Waals surface area contributed by atoms with Gasteiger partial charge >= 0.3 is 17.9 Å². The Kier molecular flexibility index (Phi) is 8.83. The molecule has 0 aromatic heterocycles. The number of rotatable bonds is 9. The van der Waals surface area contributed by atoms with Crippen LogP contribution in [0.15, 0.2) is 0 Å². The number of hydrogen-bond donors (Lipinski definition) is 0. The number of fused-ring (bicyclic) bond motifs is 1. The summed E-state index contributed by atoms with van der Waals surface area (Å²) in [5.41, 5.74) is 0. The highest BCUT2D eigenvalue weighted by Gasteiger charge is 2.58. The van der Waals surface area contributed by atoms with Gasteiger partial charge in [0.2, 0.25) is 5.78 Å². The van der Waals surface area contributed by atoms with E-state index in [0.29, 0.717) is 0 Å². The Bertz CT molecular complexity index is 811.